The molecular formula is C17H28N2O2. The standard InChI is InChI=1S/C17H28N2O2/c1-11(2)9-14-17-13(5-4-7-18-17)12-6-8-19(3)15(20)16(12,17)10-21-14/h11-14,18H,4-10H2,1-3H3/t12-,13+,14-,16+,17-/m1/s1. The van der Waals surface area contributed by atoms with E-state index in [1.165, 1.54) is 12.8 Å². The molecule has 5 atom stereocenters. The Balaban J connectivity index is 1.76. The van der Waals surface area contributed by atoms with Crippen LogP contribution in [0.3, 0.4) is 0 Å². The summed E-state index contributed by atoms with van der Waals surface area (Å²) in [6.07, 6.45) is 4.96. The molecule has 0 aromatic heterocycles. The van der Waals surface area contributed by atoms with Crippen molar-refractivity contribution in [2.24, 2.45) is 23.2 Å². The first-order valence-corrected chi connectivity index (χ1v) is 8.66. The number of hydrogen-bond acceptors (Lipinski definition) is 3. The van der Waals surface area contributed by atoms with Gasteiger partial charge in [0.05, 0.1) is 23.7 Å². The molecule has 1 aliphatic carbocycles. The van der Waals surface area contributed by atoms with E-state index in [0.29, 0.717) is 30.3 Å². The number of piperidine rings is 2. The van der Waals surface area contributed by atoms with Crippen molar-refractivity contribution in [2.45, 2.75) is 51.2 Å². The summed E-state index contributed by atoms with van der Waals surface area (Å²) in [6, 6.07) is 0. The predicted octanol–water partition coefficient (Wildman–Crippen LogP) is 1.65. The number of ether oxygens (including phenoxy) is 1. The molecule has 4 nitrogen and oxygen atoms in total. The van der Waals surface area contributed by atoms with Gasteiger partial charge in [0, 0.05) is 13.6 Å². The fourth-order valence-electron chi connectivity index (χ4n) is 6.07. The minimum Gasteiger partial charge on any atom is -0.375 e. The predicted molar refractivity (Wildman–Crippen MR) is 80.8 cm³/mol. The number of carbonyl (C=O) groups excluding carboxylic acids is 1. The molecule has 3 saturated heterocycles. The second-order valence-corrected chi connectivity index (χ2v) is 8.07. The summed E-state index contributed by atoms with van der Waals surface area (Å²) in [5.74, 6) is 2.15. The molecule has 4 heteroatoms. The highest BCUT2D eigenvalue weighted by Crippen LogP contribution is 2.69. The summed E-state index contributed by atoms with van der Waals surface area (Å²) in [5.41, 5.74) is -0.323. The lowest BCUT2D eigenvalue weighted by Gasteiger charge is -2.70. The summed E-state index contributed by atoms with van der Waals surface area (Å²) >= 11 is 0. The number of amides is 1. The number of carbonyl (C=O) groups is 1. The molecule has 3 heterocycles. The van der Waals surface area contributed by atoms with Gasteiger partial charge in [-0.3, -0.25) is 4.79 Å². The second-order valence-electron chi connectivity index (χ2n) is 8.07. The zero-order valence-electron chi connectivity index (χ0n) is 13.5. The van der Waals surface area contributed by atoms with E-state index in [9.17, 15) is 4.79 Å². The molecule has 0 radical (unpaired) electrons. The van der Waals surface area contributed by atoms with E-state index in [1.807, 2.05) is 11.9 Å². The molecule has 21 heavy (non-hydrogen) atoms. The van der Waals surface area contributed by atoms with Crippen LogP contribution in [0, 0.1) is 23.2 Å². The van der Waals surface area contributed by atoms with Crippen LogP contribution < -0.4 is 5.32 Å². The van der Waals surface area contributed by atoms with Gasteiger partial charge >= 0.3 is 0 Å². The van der Waals surface area contributed by atoms with Gasteiger partial charge in [-0.2, -0.15) is 0 Å². The number of hydrogen-bond donors (Lipinski definition) is 1. The molecule has 0 aromatic rings. The highest BCUT2D eigenvalue weighted by atomic mass is 16.5. The summed E-state index contributed by atoms with van der Waals surface area (Å²) in [4.78, 5) is 15.0. The molecule has 118 valence electrons. The average molecular weight is 292 g/mol. The molecule has 2 spiro atoms. The second kappa shape index (κ2) is 4.45. The fraction of sp³-hybridized carbons (Fsp3) is 0.941. The number of likely N-dealkylation sites (tertiary alicyclic amines) is 1. The summed E-state index contributed by atoms with van der Waals surface area (Å²) < 4.78 is 6.28. The van der Waals surface area contributed by atoms with Crippen molar-refractivity contribution in [3.05, 3.63) is 0 Å². The average Bonchev–Trinajstić information content (AvgIpc) is 2.66. The van der Waals surface area contributed by atoms with E-state index in [-0.39, 0.29) is 17.1 Å². The summed E-state index contributed by atoms with van der Waals surface area (Å²) in [5, 5.41) is 3.82. The lowest BCUT2D eigenvalue weighted by atomic mass is 9.38. The largest absolute Gasteiger partial charge is 0.375 e. The summed E-state index contributed by atoms with van der Waals surface area (Å²) in [6.45, 7) is 7.12. The number of nitrogens with one attached hydrogen (secondary N) is 1. The van der Waals surface area contributed by atoms with E-state index in [2.05, 4.69) is 19.2 Å². The van der Waals surface area contributed by atoms with Gasteiger partial charge in [0.25, 0.3) is 0 Å². The van der Waals surface area contributed by atoms with Crippen molar-refractivity contribution in [3.63, 3.8) is 0 Å². The Labute approximate surface area is 127 Å². The smallest absolute Gasteiger partial charge is 0.233 e. The third kappa shape index (κ3) is 1.46. The zero-order chi connectivity index (χ0) is 14.8. The molecular weight excluding hydrogens is 264 g/mol. The monoisotopic (exact) mass is 292 g/mol. The fourth-order valence-corrected chi connectivity index (χ4v) is 6.07. The van der Waals surface area contributed by atoms with Gasteiger partial charge in [0.1, 0.15) is 0 Å². The van der Waals surface area contributed by atoms with E-state index >= 15 is 0 Å². The molecule has 0 bridgehead atoms. The molecule has 1 N–H and O–H groups in total. The van der Waals surface area contributed by atoms with Crippen LogP contribution >= 0.6 is 0 Å². The quantitative estimate of drug-likeness (QED) is 0.841. The van der Waals surface area contributed by atoms with Crippen molar-refractivity contribution in [1.29, 1.82) is 0 Å². The van der Waals surface area contributed by atoms with Crippen molar-refractivity contribution in [3.8, 4) is 0 Å². The first-order chi connectivity index (χ1) is 10.0. The van der Waals surface area contributed by atoms with Gasteiger partial charge in [-0.05, 0) is 50.0 Å². The molecule has 3 aliphatic heterocycles. The van der Waals surface area contributed by atoms with Gasteiger partial charge in [-0.1, -0.05) is 13.8 Å². The molecule has 4 aliphatic rings. The number of fused-ring (bicyclic) bond motifs is 1. The molecule has 4 rings (SSSR count). The van der Waals surface area contributed by atoms with Crippen molar-refractivity contribution < 1.29 is 9.53 Å². The van der Waals surface area contributed by atoms with Gasteiger partial charge in [0.15, 0.2) is 0 Å². The maximum absolute atomic E-state index is 13.1. The maximum atomic E-state index is 13.1. The first kappa shape index (κ1) is 14.0. The molecule has 0 aromatic carbocycles. The Bertz CT molecular complexity index is 466. The van der Waals surface area contributed by atoms with Crippen LogP contribution in [-0.2, 0) is 9.53 Å². The molecule has 0 unspecified atom stereocenters. The third-order valence-electron chi connectivity index (χ3n) is 6.76. The van der Waals surface area contributed by atoms with E-state index in [0.717, 1.165) is 25.9 Å². The van der Waals surface area contributed by atoms with Gasteiger partial charge < -0.3 is 15.0 Å². The van der Waals surface area contributed by atoms with Crippen LogP contribution in [-0.4, -0.2) is 49.2 Å². The third-order valence-corrected chi connectivity index (χ3v) is 6.76. The van der Waals surface area contributed by atoms with E-state index in [4.69, 9.17) is 4.74 Å². The first-order valence-electron chi connectivity index (χ1n) is 8.66. The Morgan fingerprint density at radius 2 is 2.19 bits per heavy atom. The SMILES string of the molecule is CC(C)C[C@H]1OC[C@@]23C(=O)N(C)CC[C@@H]2[C@@H]2CCCN[C@@]123. The van der Waals surface area contributed by atoms with Crippen LogP contribution in [0.4, 0.5) is 0 Å². The molecule has 1 saturated carbocycles. The Morgan fingerprint density at radius 3 is 2.95 bits per heavy atom. The summed E-state index contributed by atoms with van der Waals surface area (Å²) in [7, 11) is 1.97. The Hall–Kier alpha value is -0.610. The highest BCUT2D eigenvalue weighted by molar-refractivity contribution is 5.88. The normalized spacial score (nSPS) is 48.7. The lowest BCUT2D eigenvalue weighted by molar-refractivity contribution is -0.204. The minimum absolute atomic E-state index is 0.0635. The van der Waals surface area contributed by atoms with Crippen LogP contribution in [0.25, 0.3) is 0 Å². The maximum Gasteiger partial charge on any atom is 0.233 e. The topological polar surface area (TPSA) is 41.6 Å². The number of rotatable bonds is 2. The minimum atomic E-state index is -0.259. The highest BCUT2D eigenvalue weighted by Gasteiger charge is 2.81. The molecule has 1 amide bonds. The van der Waals surface area contributed by atoms with Gasteiger partial charge in [-0.25, -0.2) is 0 Å². The van der Waals surface area contributed by atoms with Crippen molar-refractivity contribution >= 4 is 5.91 Å². The Morgan fingerprint density at radius 1 is 1.38 bits per heavy atom. The Kier molecular flexibility index (Phi) is 2.97. The van der Waals surface area contributed by atoms with Crippen molar-refractivity contribution in [1.82, 2.24) is 10.2 Å². The molecule has 4 fully saturated rings. The number of nitrogens with zero attached hydrogens (tertiary/aromatic N) is 1. The van der Waals surface area contributed by atoms with E-state index in [1.54, 1.807) is 0 Å². The van der Waals surface area contributed by atoms with Crippen LogP contribution in [0.1, 0.15) is 39.5 Å². The lowest BCUT2D eigenvalue weighted by Crippen LogP contribution is -2.84. The van der Waals surface area contributed by atoms with Gasteiger partial charge in [0.2, 0.25) is 5.91 Å². The van der Waals surface area contributed by atoms with E-state index < -0.39 is 0 Å². The van der Waals surface area contributed by atoms with Gasteiger partial charge in [-0.15, -0.1) is 0 Å². The zero-order valence-corrected chi connectivity index (χ0v) is 13.5. The van der Waals surface area contributed by atoms with Crippen LogP contribution in [0.2, 0.25) is 0 Å². The van der Waals surface area contributed by atoms with Crippen molar-refractivity contribution in [2.75, 3.05) is 26.7 Å². The van der Waals surface area contributed by atoms with Crippen LogP contribution in [0.15, 0.2) is 0 Å². The van der Waals surface area contributed by atoms with Crippen LogP contribution in [0.5, 0.6) is 0 Å².